The van der Waals surface area contributed by atoms with Crippen LogP contribution in [0.5, 0.6) is 0 Å². The summed E-state index contributed by atoms with van der Waals surface area (Å²) < 4.78 is 0. The molecule has 2 amide bonds. The van der Waals surface area contributed by atoms with E-state index in [1.165, 1.54) is 6.20 Å². The maximum Gasteiger partial charge on any atom is 0.340 e. The zero-order chi connectivity index (χ0) is 13.5. The van der Waals surface area contributed by atoms with E-state index >= 15 is 0 Å². The van der Waals surface area contributed by atoms with E-state index in [0.717, 1.165) is 0 Å². The third kappa shape index (κ3) is 5.23. The molecule has 0 atom stereocenters. The number of nitroso groups, excluding NO2 is 1. The SMILES string of the molecule is Cc1ncc(CNC(=O)N(CCCl)N=O)c(N)n1.[Cl-]. The summed E-state index contributed by atoms with van der Waals surface area (Å²) in [7, 11) is 0. The maximum atomic E-state index is 11.5. The lowest BCUT2D eigenvalue weighted by molar-refractivity contribution is -0.00000756. The fourth-order valence-electron chi connectivity index (χ4n) is 1.17. The number of nitrogen functional groups attached to an aromatic ring is 1. The van der Waals surface area contributed by atoms with Crippen molar-refractivity contribution < 1.29 is 17.2 Å². The molecular formula is C9H13Cl2N6O2-. The van der Waals surface area contributed by atoms with Crippen molar-refractivity contribution in [2.24, 2.45) is 5.29 Å². The van der Waals surface area contributed by atoms with Gasteiger partial charge in [-0.05, 0) is 6.92 Å². The van der Waals surface area contributed by atoms with Crippen LogP contribution in [0, 0.1) is 11.8 Å². The molecule has 3 N–H and O–H groups in total. The van der Waals surface area contributed by atoms with E-state index in [4.69, 9.17) is 17.3 Å². The van der Waals surface area contributed by atoms with E-state index in [9.17, 15) is 9.70 Å². The summed E-state index contributed by atoms with van der Waals surface area (Å²) in [5.74, 6) is 0.946. The second-order valence-corrected chi connectivity index (χ2v) is 3.76. The summed E-state index contributed by atoms with van der Waals surface area (Å²) >= 11 is 5.42. The largest absolute Gasteiger partial charge is 1.00 e. The minimum atomic E-state index is -0.648. The third-order valence-electron chi connectivity index (χ3n) is 2.08. The molecule has 0 bridgehead atoms. The van der Waals surface area contributed by atoms with Crippen LogP contribution in [0.1, 0.15) is 11.4 Å². The predicted molar refractivity (Wildman–Crippen MR) is 66.6 cm³/mol. The third-order valence-corrected chi connectivity index (χ3v) is 2.25. The number of alkyl halides is 1. The molecule has 8 nitrogen and oxygen atoms in total. The van der Waals surface area contributed by atoms with Crippen molar-refractivity contribution in [2.75, 3.05) is 18.2 Å². The van der Waals surface area contributed by atoms with Crippen molar-refractivity contribution in [1.82, 2.24) is 20.3 Å². The number of hydrogen-bond acceptors (Lipinski definition) is 6. The quantitative estimate of drug-likeness (QED) is 0.364. The average molecular weight is 308 g/mol. The molecule has 10 heteroatoms. The van der Waals surface area contributed by atoms with E-state index in [2.05, 4.69) is 20.6 Å². The van der Waals surface area contributed by atoms with Gasteiger partial charge in [0.05, 0.1) is 11.8 Å². The van der Waals surface area contributed by atoms with Gasteiger partial charge in [-0.3, -0.25) is 0 Å². The molecule has 0 aliphatic heterocycles. The molecule has 1 aromatic rings. The number of amides is 2. The Morgan fingerprint density at radius 1 is 1.63 bits per heavy atom. The number of nitrogens with two attached hydrogens (primary N) is 1. The fraction of sp³-hybridized carbons (Fsp3) is 0.444. The molecule has 106 valence electrons. The van der Waals surface area contributed by atoms with Crippen molar-refractivity contribution in [3.8, 4) is 0 Å². The molecule has 1 heterocycles. The van der Waals surface area contributed by atoms with Gasteiger partial charge in [-0.25, -0.2) is 14.8 Å². The molecule has 0 saturated carbocycles. The summed E-state index contributed by atoms with van der Waals surface area (Å²) in [5.41, 5.74) is 6.21. The summed E-state index contributed by atoms with van der Waals surface area (Å²) in [5, 5.41) is 5.71. The van der Waals surface area contributed by atoms with Crippen LogP contribution < -0.4 is 23.5 Å². The lowest BCUT2D eigenvalue weighted by Gasteiger charge is -2.13. The monoisotopic (exact) mass is 307 g/mol. The topological polar surface area (TPSA) is 114 Å². The number of urea groups is 1. The maximum absolute atomic E-state index is 11.5. The van der Waals surface area contributed by atoms with Gasteiger partial charge >= 0.3 is 6.03 Å². The smallest absolute Gasteiger partial charge is 0.340 e. The zero-order valence-electron chi connectivity index (χ0n) is 10.1. The van der Waals surface area contributed by atoms with Crippen molar-refractivity contribution in [3.05, 3.63) is 22.5 Å². The number of anilines is 1. The Kier molecular flexibility index (Phi) is 7.69. The van der Waals surface area contributed by atoms with Crippen molar-refractivity contribution >= 4 is 23.4 Å². The van der Waals surface area contributed by atoms with Crippen LogP contribution in [0.3, 0.4) is 0 Å². The summed E-state index contributed by atoms with van der Waals surface area (Å²) in [6.07, 6.45) is 1.51. The predicted octanol–water partition coefficient (Wildman–Crippen LogP) is -2.20. The Balaban J connectivity index is 0.00000324. The van der Waals surface area contributed by atoms with Gasteiger partial charge in [0.2, 0.25) is 0 Å². The number of aryl methyl sites for hydroxylation is 1. The molecule has 0 fully saturated rings. The Hall–Kier alpha value is -1.67. The van der Waals surface area contributed by atoms with E-state index in [-0.39, 0.29) is 37.2 Å². The molecule has 0 aliphatic carbocycles. The highest BCUT2D eigenvalue weighted by Gasteiger charge is 2.13. The number of nitrogens with zero attached hydrogens (tertiary/aromatic N) is 4. The molecule has 19 heavy (non-hydrogen) atoms. The number of carbonyl (C=O) groups is 1. The highest BCUT2D eigenvalue weighted by atomic mass is 35.5. The molecule has 0 saturated heterocycles. The number of hydrogen-bond donors (Lipinski definition) is 2. The zero-order valence-corrected chi connectivity index (χ0v) is 11.6. The fourth-order valence-corrected chi connectivity index (χ4v) is 1.33. The number of rotatable bonds is 5. The Bertz CT molecular complexity index is 445. The molecule has 0 radical (unpaired) electrons. The summed E-state index contributed by atoms with van der Waals surface area (Å²) in [4.78, 5) is 29.8. The van der Waals surface area contributed by atoms with Crippen LogP contribution in [-0.2, 0) is 6.54 Å². The second kappa shape index (κ2) is 8.44. The van der Waals surface area contributed by atoms with E-state index in [1.54, 1.807) is 6.92 Å². The molecule has 0 unspecified atom stereocenters. The lowest BCUT2D eigenvalue weighted by atomic mass is 10.3. The Morgan fingerprint density at radius 2 is 2.32 bits per heavy atom. The summed E-state index contributed by atoms with van der Waals surface area (Å²) in [6, 6.07) is -0.648. The van der Waals surface area contributed by atoms with Crippen molar-refractivity contribution in [3.63, 3.8) is 0 Å². The lowest BCUT2D eigenvalue weighted by Crippen LogP contribution is -3.00. The Labute approximate surface area is 121 Å². The van der Waals surface area contributed by atoms with E-state index in [0.29, 0.717) is 16.4 Å². The Morgan fingerprint density at radius 3 is 2.84 bits per heavy atom. The minimum Gasteiger partial charge on any atom is -1.00 e. The molecule has 1 aromatic heterocycles. The van der Waals surface area contributed by atoms with Crippen molar-refractivity contribution in [1.29, 1.82) is 0 Å². The van der Waals surface area contributed by atoms with Gasteiger partial charge in [0.1, 0.15) is 11.6 Å². The second-order valence-electron chi connectivity index (χ2n) is 3.38. The normalized spacial score (nSPS) is 9.37. The van der Waals surface area contributed by atoms with Gasteiger partial charge in [-0.2, -0.15) is 5.01 Å². The number of nitrogens with one attached hydrogen (secondary N) is 1. The molecule has 1 rings (SSSR count). The van der Waals surface area contributed by atoms with E-state index < -0.39 is 6.03 Å². The molecular weight excluding hydrogens is 295 g/mol. The van der Waals surface area contributed by atoms with Gasteiger partial charge in [0.15, 0.2) is 0 Å². The first-order chi connectivity index (χ1) is 8.58. The van der Waals surface area contributed by atoms with Crippen LogP contribution in [0.15, 0.2) is 11.5 Å². The molecule has 0 aromatic carbocycles. The van der Waals surface area contributed by atoms with Gasteiger partial charge in [-0.1, -0.05) is 0 Å². The number of halogens is 2. The first kappa shape index (κ1) is 17.3. The van der Waals surface area contributed by atoms with E-state index in [1.807, 2.05) is 0 Å². The van der Waals surface area contributed by atoms with Crippen LogP contribution in [0.25, 0.3) is 0 Å². The highest BCUT2D eigenvalue weighted by molar-refractivity contribution is 6.18. The standard InChI is InChI=1S/C9H13ClN6O2.ClH/c1-6-12-4-7(8(11)14-6)5-13-9(17)16(15-18)3-2-10;/h4H,2-3,5H2,1H3,(H,13,17)(H2,11,12,14);1H/p-1. The highest BCUT2D eigenvalue weighted by Crippen LogP contribution is 2.06. The number of carbonyl (C=O) groups excluding carboxylic acids is 1. The minimum absolute atomic E-state index is 0. The molecule has 0 aliphatic rings. The summed E-state index contributed by atoms with van der Waals surface area (Å²) in [6.45, 7) is 1.85. The first-order valence-electron chi connectivity index (χ1n) is 5.11. The number of aromatic nitrogens is 2. The van der Waals surface area contributed by atoms with Crippen LogP contribution in [-0.4, -0.2) is 33.4 Å². The van der Waals surface area contributed by atoms with Gasteiger partial charge in [0, 0.05) is 24.2 Å². The molecule has 0 spiro atoms. The van der Waals surface area contributed by atoms with Crippen LogP contribution >= 0.6 is 11.6 Å². The van der Waals surface area contributed by atoms with Gasteiger partial charge in [-0.15, -0.1) is 16.5 Å². The van der Waals surface area contributed by atoms with Crippen molar-refractivity contribution in [2.45, 2.75) is 13.5 Å². The van der Waals surface area contributed by atoms with Crippen LogP contribution in [0.4, 0.5) is 10.6 Å². The van der Waals surface area contributed by atoms with Crippen LogP contribution in [0.2, 0.25) is 0 Å². The van der Waals surface area contributed by atoms with Gasteiger partial charge in [0.25, 0.3) is 0 Å². The first-order valence-corrected chi connectivity index (χ1v) is 5.64. The average Bonchev–Trinajstić information content (AvgIpc) is 2.34. The van der Waals surface area contributed by atoms with Gasteiger partial charge < -0.3 is 23.5 Å².